The lowest BCUT2D eigenvalue weighted by atomic mass is 10.1. The first-order valence-electron chi connectivity index (χ1n) is 7.43. The van der Waals surface area contributed by atoms with Crippen molar-refractivity contribution in [2.45, 2.75) is 0 Å². The number of hydrogen-bond donors (Lipinski definition) is 0. The molecule has 0 radical (unpaired) electrons. The third-order valence-corrected chi connectivity index (χ3v) is 4.09. The second kappa shape index (κ2) is 7.70. The molecular formula is C19H8Cl2F2N2O2. The fourth-order valence-corrected chi connectivity index (χ4v) is 2.79. The van der Waals surface area contributed by atoms with Crippen LogP contribution in [0.3, 0.4) is 0 Å². The van der Waals surface area contributed by atoms with Crippen molar-refractivity contribution < 1.29 is 18.3 Å². The number of halogens is 4. The normalized spacial score (nSPS) is 10.3. The lowest BCUT2D eigenvalue weighted by Gasteiger charge is -2.09. The Balaban J connectivity index is 2.02. The number of carbonyl (C=O) groups excluding carboxylic acids is 1. The molecule has 0 saturated heterocycles. The number of rotatable bonds is 3. The van der Waals surface area contributed by atoms with Gasteiger partial charge in [0.25, 0.3) is 0 Å². The van der Waals surface area contributed by atoms with E-state index in [1.165, 1.54) is 18.2 Å². The van der Waals surface area contributed by atoms with Crippen molar-refractivity contribution in [3.8, 4) is 23.2 Å². The molecule has 8 heteroatoms. The molecule has 0 bridgehead atoms. The summed E-state index contributed by atoms with van der Waals surface area (Å²) < 4.78 is 32.5. The molecule has 0 atom stereocenters. The van der Waals surface area contributed by atoms with Crippen LogP contribution in [0.15, 0.2) is 48.5 Å². The zero-order chi connectivity index (χ0) is 19.6. The number of hydrogen-bond acceptors (Lipinski definition) is 4. The van der Waals surface area contributed by atoms with Gasteiger partial charge in [-0.25, -0.2) is 18.6 Å². The first-order valence-corrected chi connectivity index (χ1v) is 8.19. The van der Waals surface area contributed by atoms with E-state index in [4.69, 9.17) is 27.9 Å². The van der Waals surface area contributed by atoms with Gasteiger partial charge in [0, 0.05) is 10.6 Å². The van der Waals surface area contributed by atoms with E-state index in [9.17, 15) is 18.8 Å². The van der Waals surface area contributed by atoms with Gasteiger partial charge < -0.3 is 4.74 Å². The fourth-order valence-electron chi connectivity index (χ4n) is 2.28. The lowest BCUT2D eigenvalue weighted by molar-refractivity contribution is 0.0717. The molecule has 0 saturated carbocycles. The molecule has 1 aromatic heterocycles. The summed E-state index contributed by atoms with van der Waals surface area (Å²) in [6, 6.07) is 12.3. The third kappa shape index (κ3) is 3.90. The number of nitriles is 1. The van der Waals surface area contributed by atoms with Crippen LogP contribution >= 0.6 is 23.2 Å². The Bertz CT molecular complexity index is 1080. The van der Waals surface area contributed by atoms with Crippen molar-refractivity contribution in [3.05, 3.63) is 81.3 Å². The van der Waals surface area contributed by atoms with Crippen LogP contribution in [0.4, 0.5) is 8.78 Å². The summed E-state index contributed by atoms with van der Waals surface area (Å²) in [4.78, 5) is 16.3. The maximum absolute atomic E-state index is 13.8. The molecule has 4 nitrogen and oxygen atoms in total. The maximum atomic E-state index is 13.8. The fraction of sp³-hybridized carbons (Fsp3) is 0. The highest BCUT2D eigenvalue weighted by molar-refractivity contribution is 6.36. The SMILES string of the molecule is N#Cc1ccc(-c2ccc(Cl)cc2Cl)nc1OC(=O)c1c(F)cccc1F. The summed E-state index contributed by atoms with van der Waals surface area (Å²) >= 11 is 12.0. The predicted octanol–water partition coefficient (Wildman–Crippen LogP) is 5.42. The van der Waals surface area contributed by atoms with E-state index in [-0.39, 0.29) is 16.3 Å². The molecule has 3 rings (SSSR count). The Morgan fingerprint density at radius 2 is 1.78 bits per heavy atom. The zero-order valence-corrected chi connectivity index (χ0v) is 14.9. The smallest absolute Gasteiger partial charge is 0.350 e. The summed E-state index contributed by atoms with van der Waals surface area (Å²) in [6.07, 6.45) is 0. The molecule has 0 aliphatic rings. The van der Waals surface area contributed by atoms with Gasteiger partial charge in [0.15, 0.2) is 0 Å². The van der Waals surface area contributed by atoms with Gasteiger partial charge in [-0.3, -0.25) is 0 Å². The number of ether oxygens (including phenoxy) is 1. The van der Waals surface area contributed by atoms with Gasteiger partial charge in [-0.15, -0.1) is 0 Å². The van der Waals surface area contributed by atoms with Gasteiger partial charge in [-0.05, 0) is 42.5 Å². The Morgan fingerprint density at radius 3 is 2.41 bits per heavy atom. The van der Waals surface area contributed by atoms with Crippen molar-refractivity contribution in [1.82, 2.24) is 4.98 Å². The quantitative estimate of drug-likeness (QED) is 0.546. The molecule has 0 amide bonds. The third-order valence-electron chi connectivity index (χ3n) is 3.54. The molecule has 2 aromatic carbocycles. The number of aromatic nitrogens is 1. The van der Waals surface area contributed by atoms with Crippen molar-refractivity contribution in [1.29, 1.82) is 5.26 Å². The summed E-state index contributed by atoms with van der Waals surface area (Å²) in [5.74, 6) is -3.88. The molecule has 27 heavy (non-hydrogen) atoms. The minimum absolute atomic E-state index is 0.0890. The Hall–Kier alpha value is -3.01. The van der Waals surface area contributed by atoms with Crippen LogP contribution in [0.1, 0.15) is 15.9 Å². The largest absolute Gasteiger partial charge is 0.402 e. The van der Waals surface area contributed by atoms with Crippen LogP contribution in [0, 0.1) is 23.0 Å². The van der Waals surface area contributed by atoms with Crippen molar-refractivity contribution in [3.63, 3.8) is 0 Å². The lowest BCUT2D eigenvalue weighted by Crippen LogP contribution is -2.14. The summed E-state index contributed by atoms with van der Waals surface area (Å²) in [5, 5.41) is 9.90. The van der Waals surface area contributed by atoms with Gasteiger partial charge >= 0.3 is 5.97 Å². The average Bonchev–Trinajstić information content (AvgIpc) is 2.61. The Labute approximate surface area is 162 Å². The van der Waals surface area contributed by atoms with E-state index < -0.39 is 29.0 Å². The van der Waals surface area contributed by atoms with Crippen LogP contribution < -0.4 is 4.74 Å². The molecule has 0 fully saturated rings. The number of pyridine rings is 1. The van der Waals surface area contributed by atoms with Crippen LogP contribution in [-0.2, 0) is 0 Å². The standard InChI is InChI=1S/C19H8Cl2F2N2O2/c20-11-5-6-12(13(21)8-11)16-7-4-10(9-24)18(25-16)27-19(26)17-14(22)2-1-3-15(17)23/h1-8H. The summed E-state index contributed by atoms with van der Waals surface area (Å²) in [5.41, 5.74) is -0.209. The van der Waals surface area contributed by atoms with Gasteiger partial charge in [-0.2, -0.15) is 5.26 Å². The summed E-state index contributed by atoms with van der Waals surface area (Å²) in [6.45, 7) is 0. The molecule has 1 heterocycles. The minimum atomic E-state index is -1.31. The maximum Gasteiger partial charge on any atom is 0.350 e. The zero-order valence-electron chi connectivity index (χ0n) is 13.3. The number of benzene rings is 2. The Kier molecular flexibility index (Phi) is 5.36. The summed E-state index contributed by atoms with van der Waals surface area (Å²) in [7, 11) is 0. The molecule has 0 N–H and O–H groups in total. The van der Waals surface area contributed by atoms with E-state index in [1.807, 2.05) is 0 Å². The highest BCUT2D eigenvalue weighted by Gasteiger charge is 2.22. The average molecular weight is 405 g/mol. The molecule has 0 aliphatic heterocycles. The van der Waals surface area contributed by atoms with Crippen LogP contribution in [0.5, 0.6) is 5.88 Å². The number of carbonyl (C=O) groups is 1. The van der Waals surface area contributed by atoms with Gasteiger partial charge in [0.2, 0.25) is 5.88 Å². The Morgan fingerprint density at radius 1 is 1.07 bits per heavy atom. The first kappa shape index (κ1) is 18.8. The van der Waals surface area contributed by atoms with Crippen molar-refractivity contribution >= 4 is 29.2 Å². The van der Waals surface area contributed by atoms with E-state index in [1.54, 1.807) is 18.2 Å². The molecule has 134 valence electrons. The molecular weight excluding hydrogens is 397 g/mol. The second-order valence-electron chi connectivity index (χ2n) is 5.27. The number of nitrogens with zero attached hydrogens (tertiary/aromatic N) is 2. The molecule has 0 aliphatic carbocycles. The van der Waals surface area contributed by atoms with E-state index in [2.05, 4.69) is 4.98 Å². The van der Waals surface area contributed by atoms with Gasteiger partial charge in [-0.1, -0.05) is 29.3 Å². The van der Waals surface area contributed by atoms with Crippen LogP contribution in [0.25, 0.3) is 11.3 Å². The second-order valence-corrected chi connectivity index (χ2v) is 6.11. The minimum Gasteiger partial charge on any atom is -0.402 e. The number of esters is 1. The van der Waals surface area contributed by atoms with Crippen molar-refractivity contribution in [2.75, 3.05) is 0 Å². The molecule has 0 unspecified atom stereocenters. The first-order chi connectivity index (χ1) is 12.9. The predicted molar refractivity (Wildman–Crippen MR) is 95.7 cm³/mol. The highest BCUT2D eigenvalue weighted by Crippen LogP contribution is 2.31. The highest BCUT2D eigenvalue weighted by atomic mass is 35.5. The van der Waals surface area contributed by atoms with Crippen molar-refractivity contribution in [2.24, 2.45) is 0 Å². The van der Waals surface area contributed by atoms with Crippen LogP contribution in [-0.4, -0.2) is 11.0 Å². The molecule has 0 spiro atoms. The molecule has 3 aromatic rings. The van der Waals surface area contributed by atoms with E-state index in [0.717, 1.165) is 18.2 Å². The van der Waals surface area contributed by atoms with E-state index in [0.29, 0.717) is 10.6 Å². The van der Waals surface area contributed by atoms with Crippen LogP contribution in [0.2, 0.25) is 10.0 Å². The topological polar surface area (TPSA) is 63.0 Å². The van der Waals surface area contributed by atoms with Gasteiger partial charge in [0.05, 0.1) is 10.7 Å². The monoisotopic (exact) mass is 404 g/mol. The van der Waals surface area contributed by atoms with Gasteiger partial charge in [0.1, 0.15) is 28.8 Å². The van der Waals surface area contributed by atoms with E-state index >= 15 is 0 Å².